The number of aliphatic hydroxyl groups is 1. The summed E-state index contributed by atoms with van der Waals surface area (Å²) in [5.74, 6) is -1.42. The van der Waals surface area contributed by atoms with Crippen LogP contribution >= 0.6 is 0 Å². The van der Waals surface area contributed by atoms with E-state index in [4.69, 9.17) is 23.7 Å². The molecule has 4 aliphatic carbocycles. The van der Waals surface area contributed by atoms with Gasteiger partial charge >= 0.3 is 11.9 Å². The van der Waals surface area contributed by atoms with Crippen molar-refractivity contribution in [3.8, 4) is 0 Å². The highest BCUT2D eigenvalue weighted by atomic mass is 16.8. The van der Waals surface area contributed by atoms with Gasteiger partial charge in [-0.05, 0) is 136 Å². The minimum Gasteiger partial charge on any atom is -0.460 e. The second-order valence-corrected chi connectivity index (χ2v) is 21.6. The van der Waals surface area contributed by atoms with Crippen molar-refractivity contribution in [1.29, 1.82) is 0 Å². The van der Waals surface area contributed by atoms with Gasteiger partial charge < -0.3 is 39.4 Å². The summed E-state index contributed by atoms with van der Waals surface area (Å²) in [4.78, 5) is 53.4. The van der Waals surface area contributed by atoms with Crippen LogP contribution in [-0.2, 0) is 52.7 Å². The lowest BCUT2D eigenvalue weighted by atomic mass is 9.52. The minimum atomic E-state index is -0.942. The third kappa shape index (κ3) is 10.5. The summed E-state index contributed by atoms with van der Waals surface area (Å²) >= 11 is 0. The lowest BCUT2D eigenvalue weighted by Crippen LogP contribution is -2.45. The molecule has 3 aromatic carbocycles. The molecule has 1 spiro atoms. The molecular formula is C55H66N2O10. The highest BCUT2D eigenvalue weighted by Crippen LogP contribution is 2.60. The Kier molecular flexibility index (Phi) is 12.9. The first-order valence-electron chi connectivity index (χ1n) is 24.2. The summed E-state index contributed by atoms with van der Waals surface area (Å²) < 4.78 is 31.2. The molecule has 2 saturated heterocycles. The fraction of sp³-hybridized carbons (Fsp3) is 0.527. The Morgan fingerprint density at radius 2 is 1.64 bits per heavy atom. The lowest BCUT2D eigenvalue weighted by Gasteiger charge is -2.53. The van der Waals surface area contributed by atoms with E-state index in [1.807, 2.05) is 36.4 Å². The van der Waals surface area contributed by atoms with Crippen LogP contribution in [-0.4, -0.2) is 82.9 Å². The van der Waals surface area contributed by atoms with Crippen LogP contribution in [0.5, 0.6) is 0 Å². The number of allylic oxidation sites excluding steroid dienone is 1. The van der Waals surface area contributed by atoms with Crippen molar-refractivity contribution in [2.45, 2.75) is 160 Å². The number of benzene rings is 3. The van der Waals surface area contributed by atoms with Crippen molar-refractivity contribution in [2.24, 2.45) is 17.3 Å². The Balaban J connectivity index is 0.863. The van der Waals surface area contributed by atoms with Crippen LogP contribution in [0.2, 0.25) is 0 Å². The third-order valence-electron chi connectivity index (χ3n) is 15.0. The maximum Gasteiger partial charge on any atom is 0.338 e. The van der Waals surface area contributed by atoms with Crippen molar-refractivity contribution in [2.75, 3.05) is 6.61 Å². The Morgan fingerprint density at radius 3 is 2.34 bits per heavy atom. The minimum absolute atomic E-state index is 0.0274. The molecule has 4 fully saturated rings. The summed E-state index contributed by atoms with van der Waals surface area (Å²) in [7, 11) is 0. The van der Waals surface area contributed by atoms with Gasteiger partial charge in [0.05, 0.1) is 29.9 Å². The smallest absolute Gasteiger partial charge is 0.338 e. The lowest BCUT2D eigenvalue weighted by molar-refractivity contribution is -0.172. The molecular weight excluding hydrogens is 849 g/mol. The monoisotopic (exact) mass is 914 g/mol. The van der Waals surface area contributed by atoms with Crippen molar-refractivity contribution in [3.63, 3.8) is 0 Å². The summed E-state index contributed by atoms with van der Waals surface area (Å²) in [6.45, 7) is 12.2. The first-order valence-corrected chi connectivity index (χ1v) is 24.2. The number of epoxide rings is 1. The molecule has 6 aliphatic rings. The van der Waals surface area contributed by atoms with Crippen LogP contribution in [0, 0.1) is 17.3 Å². The maximum atomic E-state index is 14.0. The van der Waals surface area contributed by atoms with Gasteiger partial charge in [0.25, 0.3) is 5.91 Å². The topological polar surface area (TPSA) is 162 Å². The fourth-order valence-corrected chi connectivity index (χ4v) is 11.3. The van der Waals surface area contributed by atoms with E-state index in [1.54, 1.807) is 51.1 Å². The normalized spacial score (nSPS) is 28.7. The van der Waals surface area contributed by atoms with E-state index in [9.17, 15) is 24.3 Å². The molecule has 3 aromatic rings. The molecule has 356 valence electrons. The van der Waals surface area contributed by atoms with E-state index >= 15 is 0 Å². The molecule has 0 radical (unpaired) electrons. The number of hydrogen-bond acceptors (Lipinski definition) is 10. The highest BCUT2D eigenvalue weighted by Gasteiger charge is 2.57. The van der Waals surface area contributed by atoms with E-state index in [0.717, 1.165) is 36.0 Å². The number of esters is 2. The molecule has 8 unspecified atom stereocenters. The average Bonchev–Trinajstić information content (AvgIpc) is 3.57. The van der Waals surface area contributed by atoms with E-state index in [-0.39, 0.29) is 43.9 Å². The van der Waals surface area contributed by atoms with Crippen LogP contribution in [0.25, 0.3) is 6.08 Å². The predicted octanol–water partition coefficient (Wildman–Crippen LogP) is 8.13. The van der Waals surface area contributed by atoms with Gasteiger partial charge in [-0.3, -0.25) is 14.4 Å². The van der Waals surface area contributed by atoms with Gasteiger partial charge in [0.15, 0.2) is 5.79 Å². The van der Waals surface area contributed by atoms with Crippen LogP contribution in [0.1, 0.15) is 136 Å². The van der Waals surface area contributed by atoms with E-state index in [1.165, 1.54) is 18.4 Å². The number of aliphatic hydroxyl groups excluding tert-OH is 1. The number of ether oxygens (including phenoxy) is 5. The summed E-state index contributed by atoms with van der Waals surface area (Å²) in [5, 5.41) is 15.7. The predicted molar refractivity (Wildman–Crippen MR) is 251 cm³/mol. The van der Waals surface area contributed by atoms with Crippen molar-refractivity contribution in [3.05, 3.63) is 123 Å². The highest BCUT2D eigenvalue weighted by molar-refractivity contribution is 5.95. The fourth-order valence-electron chi connectivity index (χ4n) is 11.3. The summed E-state index contributed by atoms with van der Waals surface area (Å²) in [6, 6.07) is 22.0. The second kappa shape index (κ2) is 18.4. The van der Waals surface area contributed by atoms with Gasteiger partial charge in [-0.25, -0.2) is 4.79 Å². The van der Waals surface area contributed by atoms with Crippen LogP contribution in [0.3, 0.4) is 0 Å². The molecule has 2 saturated carbocycles. The van der Waals surface area contributed by atoms with E-state index in [2.05, 4.69) is 49.6 Å². The SMILES string of the molecule is CC(C)(C)OC(=O)CCC(CO)NC(=O)c1cccc(CNC(=O)C2=CC3OC4(Cc5ccccc5C4)OC3C(OC(=O)c3ccc(C=C4CCC5OC5(C)CCC5C4CC5(C)C)cc3)C2)c1. The maximum absolute atomic E-state index is 14.0. The summed E-state index contributed by atoms with van der Waals surface area (Å²) in [5.41, 5.74) is 6.36. The first kappa shape index (κ1) is 46.9. The Labute approximate surface area is 394 Å². The Morgan fingerprint density at radius 1 is 0.896 bits per heavy atom. The molecule has 3 N–H and O–H groups in total. The molecule has 12 nitrogen and oxygen atoms in total. The summed E-state index contributed by atoms with van der Waals surface area (Å²) in [6.07, 6.45) is 9.38. The van der Waals surface area contributed by atoms with E-state index in [0.29, 0.717) is 58.5 Å². The Bertz CT molecular complexity index is 2430. The largest absolute Gasteiger partial charge is 0.460 e. The number of carbonyl (C=O) groups excluding carboxylic acids is 4. The second-order valence-electron chi connectivity index (χ2n) is 21.6. The molecule has 0 bridgehead atoms. The van der Waals surface area contributed by atoms with Crippen molar-refractivity contribution >= 4 is 29.8 Å². The Hall–Kier alpha value is -5.14. The number of rotatable bonds is 12. The zero-order chi connectivity index (χ0) is 47.3. The van der Waals surface area contributed by atoms with Gasteiger partial charge in [-0.2, -0.15) is 0 Å². The average molecular weight is 915 g/mol. The molecule has 12 heteroatoms. The quantitative estimate of drug-likeness (QED) is 0.120. The number of hydrogen-bond donors (Lipinski definition) is 3. The number of nitrogens with one attached hydrogen (secondary N) is 2. The van der Waals surface area contributed by atoms with Gasteiger partial charge in [0.1, 0.15) is 23.9 Å². The standard InChI is InChI=1S/C55H66N2O10/c1-52(2,3)66-47(59)21-19-41(32-58)57-50(61)37-13-9-10-34(25-37)31-56-49(60)40-26-44(48-45(27-40)64-55(67-48)28-38-11-7-8-12-39(38)29-55)63-51(62)35-16-14-33(15-17-35)24-36-18-20-46-54(6,65-46)23-22-43-42(36)30-53(43,4)5/h7-17,24-25,27,41-46,48,58H,18-23,26,28-32H2,1-6H3,(H,56,60)(H,57,61). The van der Waals surface area contributed by atoms with Gasteiger partial charge in [0.2, 0.25) is 5.91 Å². The number of amides is 2. The van der Waals surface area contributed by atoms with Crippen molar-refractivity contribution in [1.82, 2.24) is 10.6 Å². The van der Waals surface area contributed by atoms with Crippen molar-refractivity contribution < 1.29 is 48.0 Å². The zero-order valence-electron chi connectivity index (χ0n) is 39.7. The van der Waals surface area contributed by atoms with Gasteiger partial charge in [-0.1, -0.05) is 74.0 Å². The van der Waals surface area contributed by atoms with Gasteiger partial charge in [-0.15, -0.1) is 0 Å². The number of fused-ring (bicyclic) bond motifs is 4. The first-order chi connectivity index (χ1) is 31.9. The molecule has 67 heavy (non-hydrogen) atoms. The molecule has 8 atom stereocenters. The number of carbonyl (C=O) groups is 4. The molecule has 0 aromatic heterocycles. The van der Waals surface area contributed by atoms with Crippen LogP contribution < -0.4 is 10.6 Å². The molecule has 2 aliphatic heterocycles. The van der Waals surface area contributed by atoms with Gasteiger partial charge in [0, 0.05) is 43.4 Å². The van der Waals surface area contributed by atoms with E-state index < -0.39 is 53.6 Å². The third-order valence-corrected chi connectivity index (χ3v) is 15.0. The molecule has 2 amide bonds. The molecule has 2 heterocycles. The van der Waals surface area contributed by atoms with Crippen LogP contribution in [0.4, 0.5) is 0 Å². The zero-order valence-corrected chi connectivity index (χ0v) is 39.7. The van der Waals surface area contributed by atoms with Crippen LogP contribution in [0.15, 0.2) is 90.0 Å². The molecule has 9 rings (SSSR count).